The second kappa shape index (κ2) is 11.2. The van der Waals surface area contributed by atoms with Gasteiger partial charge >= 0.3 is 0 Å². The molecular weight excluding hydrogens is 562 g/mol. The molecule has 0 saturated carbocycles. The van der Waals surface area contributed by atoms with E-state index in [2.05, 4.69) is 5.32 Å². The Bertz CT molecular complexity index is 1550. The molecule has 2 aliphatic heterocycles. The highest BCUT2D eigenvalue weighted by Crippen LogP contribution is 2.37. The summed E-state index contributed by atoms with van der Waals surface area (Å²) in [7, 11) is -7.65. The zero-order valence-corrected chi connectivity index (χ0v) is 23.4. The maximum atomic E-state index is 13.5. The SMILES string of the molecule is O=C(Nc1ccc(S(=O)(=O)N2CCCCCC2)cc1)[C@H]1CN(S(=O)(=O)c2ccc(Cl)cc2)c2ccccc2O1. The number of halogens is 1. The van der Waals surface area contributed by atoms with E-state index < -0.39 is 32.1 Å². The maximum absolute atomic E-state index is 13.5. The van der Waals surface area contributed by atoms with Crippen LogP contribution in [0.1, 0.15) is 25.7 Å². The number of nitrogens with one attached hydrogen (secondary N) is 1. The van der Waals surface area contributed by atoms with Crippen molar-refractivity contribution in [2.45, 2.75) is 41.6 Å². The van der Waals surface area contributed by atoms with Gasteiger partial charge in [0.25, 0.3) is 15.9 Å². The lowest BCUT2D eigenvalue weighted by molar-refractivity contribution is -0.122. The van der Waals surface area contributed by atoms with Gasteiger partial charge in [-0.3, -0.25) is 9.10 Å². The molecule has 5 rings (SSSR count). The Morgan fingerprint density at radius 2 is 1.38 bits per heavy atom. The molecule has 1 N–H and O–H groups in total. The Morgan fingerprint density at radius 3 is 2.05 bits per heavy atom. The minimum atomic E-state index is -4.02. The van der Waals surface area contributed by atoms with E-state index in [9.17, 15) is 21.6 Å². The molecular formula is C27H28ClN3O6S2. The first-order chi connectivity index (χ1) is 18.7. The Hall–Kier alpha value is -3.12. The normalized spacial score (nSPS) is 18.5. The summed E-state index contributed by atoms with van der Waals surface area (Å²) in [6.45, 7) is 0.739. The van der Waals surface area contributed by atoms with Gasteiger partial charge in [-0.15, -0.1) is 0 Å². The third-order valence-electron chi connectivity index (χ3n) is 6.75. The maximum Gasteiger partial charge on any atom is 0.267 e. The molecule has 39 heavy (non-hydrogen) atoms. The minimum absolute atomic E-state index is 0.0315. The average molecular weight is 590 g/mol. The summed E-state index contributed by atoms with van der Waals surface area (Å²) in [6, 6.07) is 18.3. The molecule has 9 nitrogen and oxygen atoms in total. The summed E-state index contributed by atoms with van der Waals surface area (Å²) in [6.07, 6.45) is 2.56. The van der Waals surface area contributed by atoms with Crippen molar-refractivity contribution in [3.63, 3.8) is 0 Å². The number of nitrogens with zero attached hydrogens (tertiary/aromatic N) is 2. The van der Waals surface area contributed by atoms with Gasteiger partial charge < -0.3 is 10.1 Å². The number of fused-ring (bicyclic) bond motifs is 1. The predicted molar refractivity (Wildman–Crippen MR) is 149 cm³/mol. The molecule has 1 amide bonds. The zero-order chi connectivity index (χ0) is 27.6. The van der Waals surface area contributed by atoms with Crippen molar-refractivity contribution in [1.29, 1.82) is 0 Å². The number of benzene rings is 3. The minimum Gasteiger partial charge on any atom is -0.476 e. The molecule has 1 atom stereocenters. The second-order valence-corrected chi connectivity index (χ2v) is 13.6. The van der Waals surface area contributed by atoms with E-state index in [1.807, 2.05) is 0 Å². The van der Waals surface area contributed by atoms with Gasteiger partial charge in [0.1, 0.15) is 5.75 Å². The number of ether oxygens (including phenoxy) is 1. The van der Waals surface area contributed by atoms with Crippen LogP contribution >= 0.6 is 11.6 Å². The topological polar surface area (TPSA) is 113 Å². The van der Waals surface area contributed by atoms with Crippen LogP contribution in [0.15, 0.2) is 82.6 Å². The lowest BCUT2D eigenvalue weighted by atomic mass is 10.2. The van der Waals surface area contributed by atoms with Crippen LogP contribution in [0, 0.1) is 0 Å². The van der Waals surface area contributed by atoms with Gasteiger partial charge in [-0.05, 0) is 73.5 Å². The van der Waals surface area contributed by atoms with Crippen LogP contribution in [0.3, 0.4) is 0 Å². The van der Waals surface area contributed by atoms with E-state index in [0.717, 1.165) is 30.0 Å². The summed E-state index contributed by atoms with van der Waals surface area (Å²) in [5.41, 5.74) is 0.684. The Morgan fingerprint density at radius 1 is 0.795 bits per heavy atom. The van der Waals surface area contributed by atoms with Crippen LogP contribution in [-0.2, 0) is 24.8 Å². The molecule has 3 aromatic carbocycles. The lowest BCUT2D eigenvalue weighted by Gasteiger charge is -2.34. The largest absolute Gasteiger partial charge is 0.476 e. The third kappa shape index (κ3) is 5.76. The highest BCUT2D eigenvalue weighted by Gasteiger charge is 2.37. The van der Waals surface area contributed by atoms with Crippen LogP contribution in [0.25, 0.3) is 0 Å². The van der Waals surface area contributed by atoms with Gasteiger partial charge in [0.15, 0.2) is 6.10 Å². The number of para-hydroxylation sites is 2. The smallest absolute Gasteiger partial charge is 0.267 e. The van der Waals surface area contributed by atoms with Gasteiger partial charge in [0.05, 0.1) is 22.0 Å². The van der Waals surface area contributed by atoms with Crippen LogP contribution in [0.5, 0.6) is 5.75 Å². The number of rotatable bonds is 6. The van der Waals surface area contributed by atoms with E-state index in [1.165, 1.54) is 52.8 Å². The highest BCUT2D eigenvalue weighted by molar-refractivity contribution is 7.92. The summed E-state index contributed by atoms with van der Waals surface area (Å²) in [5, 5.41) is 3.12. The molecule has 0 aliphatic carbocycles. The number of hydrogen-bond donors (Lipinski definition) is 1. The van der Waals surface area contributed by atoms with Gasteiger partial charge in [0.2, 0.25) is 10.0 Å². The molecule has 2 heterocycles. The van der Waals surface area contributed by atoms with Crippen molar-refractivity contribution in [3.05, 3.63) is 77.8 Å². The average Bonchev–Trinajstić information content (AvgIpc) is 3.23. The number of amides is 1. The lowest BCUT2D eigenvalue weighted by Crippen LogP contribution is -2.48. The fraction of sp³-hybridized carbons (Fsp3) is 0.296. The van der Waals surface area contributed by atoms with E-state index >= 15 is 0 Å². The van der Waals surface area contributed by atoms with E-state index in [0.29, 0.717) is 29.5 Å². The Labute approximate surface area is 233 Å². The second-order valence-electron chi connectivity index (χ2n) is 9.40. The van der Waals surface area contributed by atoms with Crippen molar-refractivity contribution < 1.29 is 26.4 Å². The number of sulfonamides is 2. The summed E-state index contributed by atoms with van der Waals surface area (Å²) < 4.78 is 61.6. The standard InChI is InChI=1S/C27H28ClN3O6S2/c28-20-9-13-23(14-10-20)39(35,36)31-19-26(37-25-8-4-3-7-24(25)31)27(32)29-21-11-15-22(16-12-21)38(33,34)30-17-5-1-2-6-18-30/h3-4,7-16,26H,1-2,5-6,17-19H2,(H,29,32)/t26-/m1/s1. The van der Waals surface area contributed by atoms with Gasteiger partial charge in [-0.1, -0.05) is 36.6 Å². The molecule has 0 bridgehead atoms. The van der Waals surface area contributed by atoms with Gasteiger partial charge in [-0.2, -0.15) is 4.31 Å². The summed E-state index contributed by atoms with van der Waals surface area (Å²) >= 11 is 5.93. The van der Waals surface area contributed by atoms with Gasteiger partial charge in [-0.25, -0.2) is 16.8 Å². The van der Waals surface area contributed by atoms with E-state index in [4.69, 9.17) is 16.3 Å². The van der Waals surface area contributed by atoms with Crippen molar-refractivity contribution in [1.82, 2.24) is 4.31 Å². The Balaban J connectivity index is 1.34. The number of hydrogen-bond acceptors (Lipinski definition) is 6. The molecule has 3 aromatic rings. The molecule has 1 fully saturated rings. The Kier molecular flexibility index (Phi) is 7.86. The van der Waals surface area contributed by atoms with Crippen LogP contribution in [0.2, 0.25) is 5.02 Å². The molecule has 1 saturated heterocycles. The monoisotopic (exact) mass is 589 g/mol. The summed E-state index contributed by atoms with van der Waals surface area (Å²) in [4.78, 5) is 13.4. The molecule has 12 heteroatoms. The van der Waals surface area contributed by atoms with Crippen LogP contribution in [0.4, 0.5) is 11.4 Å². The molecule has 2 aliphatic rings. The fourth-order valence-corrected chi connectivity index (χ4v) is 7.78. The first-order valence-corrected chi connectivity index (χ1v) is 15.9. The molecule has 0 spiro atoms. The van der Waals surface area contributed by atoms with Gasteiger partial charge in [0, 0.05) is 23.8 Å². The first kappa shape index (κ1) is 27.4. The van der Waals surface area contributed by atoms with Crippen LogP contribution < -0.4 is 14.4 Å². The number of anilines is 2. The summed E-state index contributed by atoms with van der Waals surface area (Å²) in [5.74, 6) is -0.315. The molecule has 0 radical (unpaired) electrons. The van der Waals surface area contributed by atoms with Crippen LogP contribution in [-0.4, -0.2) is 52.8 Å². The fourth-order valence-electron chi connectivity index (χ4n) is 4.66. The van der Waals surface area contributed by atoms with E-state index in [1.54, 1.807) is 24.3 Å². The quantitative estimate of drug-likeness (QED) is 0.453. The predicted octanol–water partition coefficient (Wildman–Crippen LogP) is 4.50. The number of carbonyl (C=O) groups excluding carboxylic acids is 1. The van der Waals surface area contributed by atoms with Crippen molar-refractivity contribution in [2.75, 3.05) is 29.3 Å². The van der Waals surface area contributed by atoms with Crippen molar-refractivity contribution >= 4 is 48.9 Å². The third-order valence-corrected chi connectivity index (χ3v) is 10.7. The molecule has 206 valence electrons. The first-order valence-electron chi connectivity index (χ1n) is 12.6. The molecule has 0 unspecified atom stereocenters. The number of carbonyl (C=O) groups is 1. The zero-order valence-electron chi connectivity index (χ0n) is 21.0. The highest BCUT2D eigenvalue weighted by atomic mass is 35.5. The van der Waals surface area contributed by atoms with Crippen molar-refractivity contribution in [3.8, 4) is 5.75 Å². The van der Waals surface area contributed by atoms with E-state index in [-0.39, 0.29) is 22.1 Å². The molecule has 0 aromatic heterocycles. The van der Waals surface area contributed by atoms with Crippen molar-refractivity contribution in [2.24, 2.45) is 0 Å².